The van der Waals surface area contributed by atoms with E-state index in [0.29, 0.717) is 4.31 Å². The number of carbonyl (C=O) groups excluding carboxylic acids is 1. The molecule has 0 saturated carbocycles. The summed E-state index contributed by atoms with van der Waals surface area (Å²) in [4.78, 5) is 11.6. The molecule has 0 spiro atoms. The van der Waals surface area contributed by atoms with Gasteiger partial charge in [-0.1, -0.05) is 6.07 Å². The van der Waals surface area contributed by atoms with Crippen molar-refractivity contribution in [1.29, 1.82) is 5.26 Å². The number of carbonyl (C=O) groups is 1. The van der Waals surface area contributed by atoms with Crippen molar-refractivity contribution in [2.75, 3.05) is 21.9 Å². The molecule has 0 unspecified atom stereocenters. The first-order chi connectivity index (χ1) is 13.2. The van der Waals surface area contributed by atoms with Gasteiger partial charge in [0.2, 0.25) is 15.9 Å². The van der Waals surface area contributed by atoms with Gasteiger partial charge in [0.25, 0.3) is 10.0 Å². The van der Waals surface area contributed by atoms with Gasteiger partial charge >= 0.3 is 0 Å². The van der Waals surface area contributed by atoms with Crippen LogP contribution in [-0.2, 0) is 24.8 Å². The molecule has 11 heteroatoms. The SMILES string of the molecule is COc1ccc(N2C(=O)CCS2(=O)=O)cc1S(=O)(=O)Nc1cccc(C#N)c1. The largest absolute Gasteiger partial charge is 0.495 e. The van der Waals surface area contributed by atoms with E-state index in [1.807, 2.05) is 6.07 Å². The molecule has 1 amide bonds. The Morgan fingerprint density at radius 3 is 2.57 bits per heavy atom. The first-order valence-corrected chi connectivity index (χ1v) is 11.0. The molecule has 1 saturated heterocycles. The Hall–Kier alpha value is -3.10. The number of methoxy groups -OCH3 is 1. The second kappa shape index (κ2) is 7.14. The molecule has 0 aliphatic carbocycles. The van der Waals surface area contributed by atoms with Gasteiger partial charge in [0.05, 0.1) is 35.9 Å². The van der Waals surface area contributed by atoms with Gasteiger partial charge in [0.15, 0.2) is 0 Å². The fourth-order valence-corrected chi connectivity index (χ4v) is 5.42. The Bertz CT molecular complexity index is 1200. The Morgan fingerprint density at radius 2 is 1.96 bits per heavy atom. The molecule has 3 rings (SSSR count). The quantitative estimate of drug-likeness (QED) is 0.772. The van der Waals surface area contributed by atoms with Gasteiger partial charge in [-0.15, -0.1) is 0 Å². The molecule has 0 bridgehead atoms. The zero-order chi connectivity index (χ0) is 20.5. The second-order valence-corrected chi connectivity index (χ2v) is 9.45. The smallest absolute Gasteiger partial charge is 0.265 e. The second-order valence-electron chi connectivity index (χ2n) is 5.86. The molecule has 1 fully saturated rings. The molecule has 0 atom stereocenters. The van der Waals surface area contributed by atoms with E-state index in [2.05, 4.69) is 4.72 Å². The maximum atomic E-state index is 12.9. The molecule has 1 heterocycles. The highest BCUT2D eigenvalue weighted by Crippen LogP contribution is 2.33. The van der Waals surface area contributed by atoms with E-state index in [0.717, 1.165) is 6.07 Å². The van der Waals surface area contributed by atoms with Crippen LogP contribution in [0.4, 0.5) is 11.4 Å². The lowest BCUT2D eigenvalue weighted by atomic mass is 10.2. The van der Waals surface area contributed by atoms with E-state index in [1.165, 1.54) is 43.5 Å². The summed E-state index contributed by atoms with van der Waals surface area (Å²) in [5, 5.41) is 8.95. The van der Waals surface area contributed by atoms with E-state index in [4.69, 9.17) is 10.00 Å². The van der Waals surface area contributed by atoms with Crippen molar-refractivity contribution < 1.29 is 26.4 Å². The number of benzene rings is 2. The van der Waals surface area contributed by atoms with Gasteiger partial charge in [-0.05, 0) is 36.4 Å². The zero-order valence-corrected chi connectivity index (χ0v) is 16.2. The van der Waals surface area contributed by atoms with Crippen LogP contribution in [0.25, 0.3) is 0 Å². The first-order valence-electron chi connectivity index (χ1n) is 7.95. The summed E-state index contributed by atoms with van der Waals surface area (Å²) in [5.41, 5.74) is 0.320. The molecule has 0 radical (unpaired) electrons. The summed E-state index contributed by atoms with van der Waals surface area (Å²) in [6.45, 7) is 0. The van der Waals surface area contributed by atoms with E-state index in [9.17, 15) is 21.6 Å². The van der Waals surface area contributed by atoms with Gasteiger partial charge in [-0.3, -0.25) is 9.52 Å². The first kappa shape index (κ1) is 19.7. The molecular weight excluding hydrogens is 406 g/mol. The molecule has 1 aliphatic heterocycles. The third-order valence-electron chi connectivity index (χ3n) is 3.99. The van der Waals surface area contributed by atoms with Crippen LogP contribution in [0.3, 0.4) is 0 Å². The summed E-state index contributed by atoms with van der Waals surface area (Å²) >= 11 is 0. The van der Waals surface area contributed by atoms with Crippen LogP contribution in [-0.4, -0.2) is 35.6 Å². The summed E-state index contributed by atoms with van der Waals surface area (Å²) < 4.78 is 58.0. The van der Waals surface area contributed by atoms with Crippen molar-refractivity contribution in [3.05, 3.63) is 48.0 Å². The van der Waals surface area contributed by atoms with Crippen LogP contribution >= 0.6 is 0 Å². The normalized spacial score (nSPS) is 15.9. The van der Waals surface area contributed by atoms with Crippen molar-refractivity contribution in [2.24, 2.45) is 0 Å². The number of anilines is 2. The third kappa shape index (κ3) is 3.64. The Kier molecular flexibility index (Phi) is 5.01. The van der Waals surface area contributed by atoms with Crippen molar-refractivity contribution in [1.82, 2.24) is 0 Å². The Balaban J connectivity index is 2.07. The lowest BCUT2D eigenvalue weighted by molar-refractivity contribution is -0.116. The molecule has 9 nitrogen and oxygen atoms in total. The molecule has 2 aromatic rings. The van der Waals surface area contributed by atoms with Crippen molar-refractivity contribution in [3.8, 4) is 11.8 Å². The average Bonchev–Trinajstić information content (AvgIpc) is 2.93. The van der Waals surface area contributed by atoms with E-state index < -0.39 is 26.0 Å². The van der Waals surface area contributed by atoms with Gasteiger partial charge in [-0.25, -0.2) is 21.1 Å². The fraction of sp³-hybridized carbons (Fsp3) is 0.176. The van der Waals surface area contributed by atoms with E-state index in [1.54, 1.807) is 0 Å². The maximum absolute atomic E-state index is 12.9. The van der Waals surface area contributed by atoms with Gasteiger partial charge in [0.1, 0.15) is 10.6 Å². The third-order valence-corrected chi connectivity index (χ3v) is 7.09. The van der Waals surface area contributed by atoms with Crippen LogP contribution in [0.15, 0.2) is 47.4 Å². The topological polar surface area (TPSA) is 134 Å². The summed E-state index contributed by atoms with van der Waals surface area (Å²) in [6.07, 6.45) is -0.171. The highest BCUT2D eigenvalue weighted by atomic mass is 32.2. The number of amides is 1. The average molecular weight is 421 g/mol. The number of ether oxygens (including phenoxy) is 1. The predicted molar refractivity (Wildman–Crippen MR) is 101 cm³/mol. The number of nitrogens with one attached hydrogen (secondary N) is 1. The van der Waals surface area contributed by atoms with Crippen LogP contribution in [0, 0.1) is 11.3 Å². The van der Waals surface area contributed by atoms with E-state index in [-0.39, 0.29) is 39.8 Å². The maximum Gasteiger partial charge on any atom is 0.265 e. The fourth-order valence-electron chi connectivity index (χ4n) is 2.73. The van der Waals surface area contributed by atoms with Crippen LogP contribution in [0.1, 0.15) is 12.0 Å². The summed E-state index contributed by atoms with van der Waals surface area (Å²) in [7, 11) is -6.79. The number of nitriles is 1. The highest BCUT2D eigenvalue weighted by molar-refractivity contribution is 7.94. The predicted octanol–water partition coefficient (Wildman–Crippen LogP) is 1.43. The molecule has 0 aromatic heterocycles. The Morgan fingerprint density at radius 1 is 1.21 bits per heavy atom. The van der Waals surface area contributed by atoms with Crippen LogP contribution in [0.2, 0.25) is 0 Å². The van der Waals surface area contributed by atoms with E-state index >= 15 is 0 Å². The van der Waals surface area contributed by atoms with Crippen LogP contribution < -0.4 is 13.8 Å². The minimum Gasteiger partial charge on any atom is -0.495 e. The molecule has 146 valence electrons. The number of rotatable bonds is 5. The zero-order valence-electron chi connectivity index (χ0n) is 14.6. The molecular formula is C17H15N3O6S2. The highest BCUT2D eigenvalue weighted by Gasteiger charge is 2.37. The standard InChI is InChI=1S/C17H15N3O6S2/c1-26-15-6-5-14(20-17(21)7-8-27(20,22)23)10-16(15)28(24,25)19-13-4-2-3-12(9-13)11-18/h2-6,9-10,19H,7-8H2,1H3. The number of hydrogen-bond acceptors (Lipinski definition) is 7. The van der Waals surface area contributed by atoms with Gasteiger partial charge in [-0.2, -0.15) is 5.26 Å². The molecule has 2 aromatic carbocycles. The molecule has 1 N–H and O–H groups in total. The van der Waals surface area contributed by atoms with Crippen molar-refractivity contribution in [3.63, 3.8) is 0 Å². The minimum absolute atomic E-state index is 0.0308. The molecule has 1 aliphatic rings. The van der Waals surface area contributed by atoms with Crippen LogP contribution in [0.5, 0.6) is 5.75 Å². The molecule has 28 heavy (non-hydrogen) atoms. The van der Waals surface area contributed by atoms with Gasteiger partial charge < -0.3 is 4.74 Å². The Labute approximate surface area is 162 Å². The number of hydrogen-bond donors (Lipinski definition) is 1. The van der Waals surface area contributed by atoms with Crippen molar-refractivity contribution >= 4 is 37.3 Å². The monoisotopic (exact) mass is 421 g/mol. The number of sulfonamides is 2. The number of nitrogens with zero attached hydrogens (tertiary/aromatic N) is 2. The summed E-state index contributed by atoms with van der Waals surface area (Å²) in [6, 6.07) is 11.4. The summed E-state index contributed by atoms with van der Waals surface area (Å²) in [5.74, 6) is -1.00. The van der Waals surface area contributed by atoms with Crippen molar-refractivity contribution in [2.45, 2.75) is 11.3 Å². The minimum atomic E-state index is -4.21. The van der Waals surface area contributed by atoms with Gasteiger partial charge in [0, 0.05) is 6.42 Å². The lowest BCUT2D eigenvalue weighted by Gasteiger charge is -2.18. The lowest BCUT2D eigenvalue weighted by Crippen LogP contribution is -2.29.